The van der Waals surface area contributed by atoms with Gasteiger partial charge in [0.25, 0.3) is 0 Å². The van der Waals surface area contributed by atoms with Gasteiger partial charge in [-0.25, -0.2) is 4.98 Å². The largest absolute Gasteiger partial charge is 0.434 e. The van der Waals surface area contributed by atoms with Gasteiger partial charge in [0.1, 0.15) is 10.6 Å². The molecule has 1 rings (SSSR count). The fraction of sp³-hybridized carbons (Fsp3) is 0.750. The zero-order chi connectivity index (χ0) is 14.7. The van der Waals surface area contributed by atoms with Crippen molar-refractivity contribution >= 4 is 11.3 Å². The fourth-order valence-electron chi connectivity index (χ4n) is 1.61. The van der Waals surface area contributed by atoms with Crippen molar-refractivity contribution in [3.63, 3.8) is 0 Å². The van der Waals surface area contributed by atoms with Gasteiger partial charge in [-0.2, -0.15) is 13.2 Å². The van der Waals surface area contributed by atoms with Crippen LogP contribution in [-0.4, -0.2) is 18.1 Å². The third-order valence-corrected chi connectivity index (χ3v) is 3.88. The van der Waals surface area contributed by atoms with Crippen molar-refractivity contribution in [2.24, 2.45) is 0 Å². The summed E-state index contributed by atoms with van der Waals surface area (Å²) in [4.78, 5) is 3.96. The van der Waals surface area contributed by atoms with Gasteiger partial charge in [-0.15, -0.1) is 11.3 Å². The Balaban J connectivity index is 3.13. The number of aromatic nitrogens is 1. The van der Waals surface area contributed by atoms with Crippen LogP contribution in [0.5, 0.6) is 0 Å². The molecule has 110 valence electrons. The van der Waals surface area contributed by atoms with Gasteiger partial charge in [0.2, 0.25) is 0 Å². The molecule has 0 saturated carbocycles. The molecule has 1 heterocycles. The van der Waals surface area contributed by atoms with Crippen LogP contribution in [0.15, 0.2) is 0 Å². The number of thiazole rings is 1. The van der Waals surface area contributed by atoms with Gasteiger partial charge in [-0.05, 0) is 27.3 Å². The van der Waals surface area contributed by atoms with Crippen LogP contribution in [0.25, 0.3) is 0 Å². The fourth-order valence-corrected chi connectivity index (χ4v) is 2.72. The second kappa shape index (κ2) is 6.19. The normalized spacial score (nSPS) is 13.0. The average molecular weight is 296 g/mol. The van der Waals surface area contributed by atoms with Crippen molar-refractivity contribution in [2.75, 3.05) is 13.2 Å². The number of nitrogens with zero attached hydrogens (tertiary/aromatic N) is 1. The van der Waals surface area contributed by atoms with E-state index in [-0.39, 0.29) is 11.4 Å². The zero-order valence-electron chi connectivity index (χ0n) is 11.5. The molecule has 0 aliphatic heterocycles. The van der Waals surface area contributed by atoms with E-state index in [9.17, 15) is 13.2 Å². The van der Waals surface area contributed by atoms with Crippen molar-refractivity contribution in [1.82, 2.24) is 10.3 Å². The second-order valence-corrected chi connectivity index (χ2v) is 5.60. The average Bonchev–Trinajstić information content (AvgIpc) is 2.70. The molecule has 0 aliphatic rings. The molecule has 0 radical (unpaired) electrons. The van der Waals surface area contributed by atoms with Gasteiger partial charge < -0.3 is 10.1 Å². The van der Waals surface area contributed by atoms with Crippen molar-refractivity contribution in [3.8, 4) is 0 Å². The van der Waals surface area contributed by atoms with Crippen molar-refractivity contribution < 1.29 is 17.9 Å². The summed E-state index contributed by atoms with van der Waals surface area (Å²) in [6, 6.07) is 0. The first-order valence-corrected chi connectivity index (χ1v) is 6.96. The third-order valence-electron chi connectivity index (χ3n) is 2.52. The zero-order valence-corrected chi connectivity index (χ0v) is 12.3. The Morgan fingerprint density at radius 1 is 1.26 bits per heavy atom. The van der Waals surface area contributed by atoms with Gasteiger partial charge >= 0.3 is 6.18 Å². The summed E-state index contributed by atoms with van der Waals surface area (Å²) in [6.45, 7) is 8.32. The molecule has 19 heavy (non-hydrogen) atoms. The Kier molecular flexibility index (Phi) is 5.34. The molecule has 3 nitrogen and oxygen atoms in total. The topological polar surface area (TPSA) is 34.1 Å². The van der Waals surface area contributed by atoms with Crippen LogP contribution in [0.1, 0.15) is 43.3 Å². The minimum absolute atomic E-state index is 0.172. The molecule has 1 aromatic heterocycles. The van der Waals surface area contributed by atoms with E-state index in [0.717, 1.165) is 11.3 Å². The quantitative estimate of drug-likeness (QED) is 0.872. The lowest BCUT2D eigenvalue weighted by Crippen LogP contribution is -2.21. The van der Waals surface area contributed by atoms with E-state index in [1.807, 2.05) is 6.92 Å². The van der Waals surface area contributed by atoms with Crippen molar-refractivity contribution in [1.29, 1.82) is 0 Å². The molecule has 0 fully saturated rings. The summed E-state index contributed by atoms with van der Waals surface area (Å²) in [5, 5.41) is 3.26. The van der Waals surface area contributed by atoms with Crippen LogP contribution < -0.4 is 5.32 Å². The van der Waals surface area contributed by atoms with Crippen LogP contribution in [0.3, 0.4) is 0 Å². The van der Waals surface area contributed by atoms with Crippen molar-refractivity contribution in [3.05, 3.63) is 15.6 Å². The molecule has 0 amide bonds. The number of rotatable bonds is 6. The minimum atomic E-state index is -4.43. The lowest BCUT2D eigenvalue weighted by Gasteiger charge is -2.21. The molecular formula is C12H19F3N2OS. The van der Waals surface area contributed by atoms with E-state index in [1.54, 1.807) is 20.8 Å². The highest BCUT2D eigenvalue weighted by atomic mass is 32.1. The maximum atomic E-state index is 12.9. The third kappa shape index (κ3) is 4.15. The Hall–Kier alpha value is -0.660. The summed E-state index contributed by atoms with van der Waals surface area (Å²) in [7, 11) is 0. The number of halogens is 3. The summed E-state index contributed by atoms with van der Waals surface area (Å²) in [5.41, 5.74) is -1.61. The number of nitrogens with one attached hydrogen (secondary N) is 1. The Bertz CT molecular complexity index is 416. The molecule has 0 aliphatic carbocycles. The molecule has 0 saturated heterocycles. The molecule has 1 aromatic rings. The molecule has 7 heteroatoms. The first-order valence-electron chi connectivity index (χ1n) is 6.14. The molecular weight excluding hydrogens is 277 g/mol. The first kappa shape index (κ1) is 16.4. The van der Waals surface area contributed by atoms with Gasteiger partial charge in [0, 0.05) is 13.2 Å². The minimum Gasteiger partial charge on any atom is -0.369 e. The number of ether oxygens (including phenoxy) is 1. The van der Waals surface area contributed by atoms with Gasteiger partial charge in [-0.3, -0.25) is 0 Å². The Morgan fingerprint density at radius 3 is 2.37 bits per heavy atom. The van der Waals surface area contributed by atoms with E-state index in [0.29, 0.717) is 18.2 Å². The molecule has 1 N–H and O–H groups in total. The van der Waals surface area contributed by atoms with Gasteiger partial charge in [0.15, 0.2) is 5.69 Å². The van der Waals surface area contributed by atoms with E-state index >= 15 is 0 Å². The summed E-state index contributed by atoms with van der Waals surface area (Å²) in [5.74, 6) is 0. The highest BCUT2D eigenvalue weighted by Crippen LogP contribution is 2.38. The number of alkyl halides is 3. The van der Waals surface area contributed by atoms with Crippen LogP contribution in [0, 0.1) is 0 Å². The predicted molar refractivity (Wildman–Crippen MR) is 69.1 cm³/mol. The van der Waals surface area contributed by atoms with E-state index < -0.39 is 17.5 Å². The van der Waals surface area contributed by atoms with E-state index in [4.69, 9.17) is 4.74 Å². The van der Waals surface area contributed by atoms with E-state index in [1.165, 1.54) is 0 Å². The molecule has 0 atom stereocenters. The van der Waals surface area contributed by atoms with E-state index in [2.05, 4.69) is 10.3 Å². The van der Waals surface area contributed by atoms with Gasteiger partial charge in [-0.1, -0.05) is 6.92 Å². The molecule has 0 unspecified atom stereocenters. The number of hydrogen-bond donors (Lipinski definition) is 1. The Morgan fingerprint density at radius 2 is 1.89 bits per heavy atom. The smallest absolute Gasteiger partial charge is 0.369 e. The highest BCUT2D eigenvalue weighted by Gasteiger charge is 2.39. The molecule has 0 spiro atoms. The summed E-state index contributed by atoms with van der Waals surface area (Å²) in [6.07, 6.45) is -4.43. The van der Waals surface area contributed by atoms with Crippen LogP contribution >= 0.6 is 11.3 Å². The van der Waals surface area contributed by atoms with Crippen LogP contribution in [-0.2, 0) is 23.1 Å². The highest BCUT2D eigenvalue weighted by molar-refractivity contribution is 7.11. The monoisotopic (exact) mass is 296 g/mol. The summed E-state index contributed by atoms with van der Waals surface area (Å²) >= 11 is 1.05. The SMILES string of the molecule is CCNCc1sc(C(C)(C)OCC)nc1C(F)(F)F. The van der Waals surface area contributed by atoms with Gasteiger partial charge in [0.05, 0.1) is 4.88 Å². The molecule has 0 aromatic carbocycles. The lowest BCUT2D eigenvalue weighted by atomic mass is 10.1. The van der Waals surface area contributed by atoms with Crippen molar-refractivity contribution in [2.45, 2.75) is 46.0 Å². The van der Waals surface area contributed by atoms with Crippen LogP contribution in [0.4, 0.5) is 13.2 Å². The Labute approximate surface area is 115 Å². The first-order chi connectivity index (χ1) is 8.72. The second-order valence-electron chi connectivity index (χ2n) is 4.51. The number of hydrogen-bond acceptors (Lipinski definition) is 4. The summed E-state index contributed by atoms with van der Waals surface area (Å²) < 4.78 is 44.3. The van der Waals surface area contributed by atoms with Crippen LogP contribution in [0.2, 0.25) is 0 Å². The maximum Gasteiger partial charge on any atom is 0.434 e. The predicted octanol–water partition coefficient (Wildman–Crippen LogP) is 3.54. The lowest BCUT2D eigenvalue weighted by molar-refractivity contribution is -0.141. The maximum absolute atomic E-state index is 12.9. The standard InChI is InChI=1S/C12H19F3N2OS/c1-5-16-7-8-9(12(13,14)15)17-10(19-8)11(3,4)18-6-2/h16H,5-7H2,1-4H3. The molecule has 0 bridgehead atoms.